The molecule has 23 heavy (non-hydrogen) atoms. The molecule has 0 bridgehead atoms. The van der Waals surface area contributed by atoms with Crippen LogP contribution in [0.15, 0.2) is 60.7 Å². The van der Waals surface area contributed by atoms with Crippen molar-refractivity contribution in [2.75, 3.05) is 18.8 Å². The summed E-state index contributed by atoms with van der Waals surface area (Å²) in [6, 6.07) is 20.4. The van der Waals surface area contributed by atoms with Crippen molar-refractivity contribution in [1.82, 2.24) is 4.90 Å². The van der Waals surface area contributed by atoms with Gasteiger partial charge < -0.3 is 4.90 Å². The Bertz CT molecular complexity index is 628. The molecule has 1 amide bonds. The Balaban J connectivity index is 2.29. The second-order valence-corrected chi connectivity index (χ2v) is 12.5. The minimum atomic E-state index is -2.04. The summed E-state index contributed by atoms with van der Waals surface area (Å²) in [7, 11) is 0. The summed E-state index contributed by atoms with van der Waals surface area (Å²) in [6.07, 6.45) is 0. The van der Waals surface area contributed by atoms with E-state index in [0.29, 0.717) is 5.75 Å². The Kier molecular flexibility index (Phi) is 6.88. The van der Waals surface area contributed by atoms with Crippen LogP contribution >= 0.6 is 16.6 Å². The minimum Gasteiger partial charge on any atom is -0.343 e. The fraction of sp³-hybridized carbons (Fsp3) is 0.278. The standard InChI is InChI=1S/C18H22NOPS2/c1-3-19(4-2)18(20)15-23-21(22,16-11-7-5-8-12-16)17-13-9-6-10-14-17/h5-14H,3-4,15H2,1-2H3. The zero-order chi connectivity index (χ0) is 16.7. The molecule has 0 saturated heterocycles. The van der Waals surface area contributed by atoms with Crippen LogP contribution < -0.4 is 10.6 Å². The van der Waals surface area contributed by atoms with E-state index in [2.05, 4.69) is 24.3 Å². The van der Waals surface area contributed by atoms with Gasteiger partial charge in [0.25, 0.3) is 0 Å². The topological polar surface area (TPSA) is 20.3 Å². The maximum absolute atomic E-state index is 12.4. The quantitative estimate of drug-likeness (QED) is 0.701. The SMILES string of the molecule is CCN(CC)C(=O)CSP(=S)(c1ccccc1)c1ccccc1. The molecule has 0 N–H and O–H groups in total. The zero-order valence-electron chi connectivity index (χ0n) is 13.5. The fourth-order valence-corrected chi connectivity index (χ4v) is 8.27. The van der Waals surface area contributed by atoms with Crippen LogP contribution in [0.4, 0.5) is 0 Å². The first-order valence-electron chi connectivity index (χ1n) is 7.75. The van der Waals surface area contributed by atoms with Crippen LogP contribution in [-0.4, -0.2) is 29.6 Å². The molecule has 0 heterocycles. The van der Waals surface area contributed by atoms with Gasteiger partial charge in [0.05, 0.1) is 11.0 Å². The molecule has 2 rings (SSSR count). The highest BCUT2D eigenvalue weighted by atomic mass is 32.9. The van der Waals surface area contributed by atoms with Crippen molar-refractivity contribution >= 4 is 44.9 Å². The Morgan fingerprint density at radius 1 is 0.957 bits per heavy atom. The van der Waals surface area contributed by atoms with Gasteiger partial charge in [-0.1, -0.05) is 72.5 Å². The lowest BCUT2D eigenvalue weighted by molar-refractivity contribution is -0.127. The maximum atomic E-state index is 12.4. The first-order chi connectivity index (χ1) is 11.1. The molecule has 0 spiro atoms. The van der Waals surface area contributed by atoms with E-state index in [0.717, 1.165) is 23.7 Å². The van der Waals surface area contributed by atoms with Crippen LogP contribution in [0.5, 0.6) is 0 Å². The van der Waals surface area contributed by atoms with E-state index in [9.17, 15) is 4.79 Å². The highest BCUT2D eigenvalue weighted by Crippen LogP contribution is 2.56. The van der Waals surface area contributed by atoms with Gasteiger partial charge in [0.15, 0.2) is 0 Å². The first kappa shape index (κ1) is 18.3. The van der Waals surface area contributed by atoms with Crippen molar-refractivity contribution in [3.8, 4) is 0 Å². The number of benzene rings is 2. The summed E-state index contributed by atoms with van der Waals surface area (Å²) in [4.78, 5) is 14.3. The lowest BCUT2D eigenvalue weighted by Crippen LogP contribution is -2.32. The highest BCUT2D eigenvalue weighted by molar-refractivity contribution is 8.75. The largest absolute Gasteiger partial charge is 0.343 e. The van der Waals surface area contributed by atoms with Gasteiger partial charge >= 0.3 is 0 Å². The van der Waals surface area contributed by atoms with Crippen LogP contribution in [0.25, 0.3) is 0 Å². The smallest absolute Gasteiger partial charge is 0.232 e. The monoisotopic (exact) mass is 363 g/mol. The van der Waals surface area contributed by atoms with Crippen molar-refractivity contribution in [2.45, 2.75) is 13.8 Å². The van der Waals surface area contributed by atoms with E-state index < -0.39 is 5.24 Å². The molecule has 2 nitrogen and oxygen atoms in total. The van der Waals surface area contributed by atoms with E-state index in [1.807, 2.05) is 55.1 Å². The second kappa shape index (κ2) is 8.68. The maximum Gasteiger partial charge on any atom is 0.232 e. The predicted octanol–water partition coefficient (Wildman–Crippen LogP) is 3.63. The summed E-state index contributed by atoms with van der Waals surface area (Å²) in [6.45, 7) is 5.51. The molecule has 0 aromatic heterocycles. The van der Waals surface area contributed by atoms with Gasteiger partial charge in [0.2, 0.25) is 5.91 Å². The Hall–Kier alpha value is -1.09. The molecule has 0 aliphatic heterocycles. The number of carbonyl (C=O) groups is 1. The second-order valence-electron chi connectivity index (χ2n) is 5.06. The average Bonchev–Trinajstić information content (AvgIpc) is 2.62. The molecule has 122 valence electrons. The fourth-order valence-electron chi connectivity index (χ4n) is 2.36. The average molecular weight is 363 g/mol. The van der Waals surface area contributed by atoms with Crippen LogP contribution in [-0.2, 0) is 16.6 Å². The summed E-state index contributed by atoms with van der Waals surface area (Å²) < 4.78 is 0. The Morgan fingerprint density at radius 3 is 1.78 bits per heavy atom. The van der Waals surface area contributed by atoms with Crippen molar-refractivity contribution < 1.29 is 4.79 Å². The van der Waals surface area contributed by atoms with Gasteiger partial charge in [-0.15, -0.1) is 11.4 Å². The van der Waals surface area contributed by atoms with Gasteiger partial charge in [-0.05, 0) is 24.5 Å². The van der Waals surface area contributed by atoms with Crippen LogP contribution in [0, 0.1) is 0 Å². The van der Waals surface area contributed by atoms with Gasteiger partial charge in [-0.2, -0.15) is 0 Å². The van der Waals surface area contributed by atoms with Crippen LogP contribution in [0.3, 0.4) is 0 Å². The summed E-state index contributed by atoms with van der Waals surface area (Å²) in [5.41, 5.74) is 0. The third kappa shape index (κ3) is 4.47. The molecule has 0 aliphatic rings. The highest BCUT2D eigenvalue weighted by Gasteiger charge is 2.24. The molecule has 0 aliphatic carbocycles. The first-order valence-corrected chi connectivity index (χ1v) is 12.1. The number of rotatable bonds is 7. The number of nitrogens with zero attached hydrogens (tertiary/aromatic N) is 1. The Morgan fingerprint density at radius 2 is 1.39 bits per heavy atom. The molecule has 0 saturated carbocycles. The number of hydrogen-bond acceptors (Lipinski definition) is 3. The van der Waals surface area contributed by atoms with Crippen LogP contribution in [0.1, 0.15) is 13.8 Å². The van der Waals surface area contributed by atoms with Crippen LogP contribution in [0.2, 0.25) is 0 Å². The molecule has 5 heteroatoms. The van der Waals surface area contributed by atoms with E-state index in [1.54, 1.807) is 11.4 Å². The lowest BCUT2D eigenvalue weighted by atomic mass is 10.4. The lowest BCUT2D eigenvalue weighted by Gasteiger charge is -2.24. The molecule has 2 aromatic rings. The summed E-state index contributed by atoms with van der Waals surface area (Å²) in [5, 5.41) is 0.267. The normalized spacial score (nSPS) is 11.2. The predicted molar refractivity (Wildman–Crippen MR) is 107 cm³/mol. The van der Waals surface area contributed by atoms with Gasteiger partial charge in [-0.3, -0.25) is 4.79 Å². The Labute approximate surface area is 148 Å². The molecule has 0 unspecified atom stereocenters. The molecular weight excluding hydrogens is 341 g/mol. The number of carbonyl (C=O) groups excluding carboxylic acids is 1. The number of hydrogen-bond donors (Lipinski definition) is 0. The molecule has 0 radical (unpaired) electrons. The van der Waals surface area contributed by atoms with E-state index in [-0.39, 0.29) is 5.91 Å². The van der Waals surface area contributed by atoms with Crippen molar-refractivity contribution in [1.29, 1.82) is 0 Å². The van der Waals surface area contributed by atoms with Gasteiger partial charge in [-0.25, -0.2) is 0 Å². The van der Waals surface area contributed by atoms with Crippen molar-refractivity contribution in [3.05, 3.63) is 60.7 Å². The van der Waals surface area contributed by atoms with Gasteiger partial charge in [0, 0.05) is 13.1 Å². The molecule has 0 atom stereocenters. The molecular formula is C18H22NOPS2. The zero-order valence-corrected chi connectivity index (χ0v) is 16.0. The molecule has 0 fully saturated rings. The third-order valence-electron chi connectivity index (χ3n) is 3.68. The van der Waals surface area contributed by atoms with Gasteiger partial charge in [0.1, 0.15) is 0 Å². The number of amides is 1. The van der Waals surface area contributed by atoms with Crippen molar-refractivity contribution in [3.63, 3.8) is 0 Å². The molecule has 2 aromatic carbocycles. The van der Waals surface area contributed by atoms with Crippen molar-refractivity contribution in [2.24, 2.45) is 0 Å². The van der Waals surface area contributed by atoms with E-state index >= 15 is 0 Å². The van der Waals surface area contributed by atoms with E-state index in [4.69, 9.17) is 11.8 Å². The third-order valence-corrected chi connectivity index (χ3v) is 11.3. The minimum absolute atomic E-state index is 0.168. The summed E-state index contributed by atoms with van der Waals surface area (Å²) >= 11 is 7.75. The van der Waals surface area contributed by atoms with E-state index in [1.165, 1.54) is 0 Å². The summed E-state index contributed by atoms with van der Waals surface area (Å²) in [5.74, 6) is 0.601.